The fraction of sp³-hybridized carbons (Fsp3) is 0.160. The van der Waals surface area contributed by atoms with E-state index in [1.807, 2.05) is 59.6 Å². The minimum absolute atomic E-state index is 0.0565. The van der Waals surface area contributed by atoms with E-state index in [9.17, 15) is 14.9 Å². The summed E-state index contributed by atoms with van der Waals surface area (Å²) in [7, 11) is 0. The summed E-state index contributed by atoms with van der Waals surface area (Å²) in [6.45, 7) is 1.28. The van der Waals surface area contributed by atoms with Crippen LogP contribution in [0.15, 0.2) is 78.9 Å². The number of fused-ring (bicyclic) bond motifs is 2. The van der Waals surface area contributed by atoms with Gasteiger partial charge in [-0.2, -0.15) is 0 Å². The molecule has 0 radical (unpaired) electrons. The molecule has 31 heavy (non-hydrogen) atoms. The highest BCUT2D eigenvalue weighted by atomic mass is 16.6. The third-order valence-corrected chi connectivity index (χ3v) is 5.89. The first-order chi connectivity index (χ1) is 15.1. The third-order valence-electron chi connectivity index (χ3n) is 5.89. The number of hydrogen-bond donors (Lipinski definition) is 0. The second-order valence-corrected chi connectivity index (χ2v) is 7.69. The van der Waals surface area contributed by atoms with Crippen LogP contribution in [0.4, 0.5) is 11.4 Å². The van der Waals surface area contributed by atoms with E-state index in [1.54, 1.807) is 23.2 Å². The van der Waals surface area contributed by atoms with Gasteiger partial charge in [-0.15, -0.1) is 0 Å². The molecule has 4 aromatic carbocycles. The maximum atomic E-state index is 13.7. The van der Waals surface area contributed by atoms with Crippen LogP contribution in [0.25, 0.3) is 21.5 Å². The Bertz CT molecular complexity index is 1310. The third kappa shape index (κ3) is 3.26. The molecule has 154 valence electrons. The summed E-state index contributed by atoms with van der Waals surface area (Å²) in [6.07, 6.45) is 1.86. The van der Waals surface area contributed by atoms with Gasteiger partial charge in [-0.25, -0.2) is 5.01 Å². The van der Waals surface area contributed by atoms with Crippen molar-refractivity contribution >= 4 is 38.8 Å². The van der Waals surface area contributed by atoms with E-state index in [4.69, 9.17) is 0 Å². The van der Waals surface area contributed by atoms with E-state index in [2.05, 4.69) is 0 Å². The number of carbonyl (C=O) groups is 1. The maximum Gasteiger partial charge on any atom is 0.277 e. The lowest BCUT2D eigenvalue weighted by atomic mass is 10.0. The average Bonchev–Trinajstić information content (AvgIpc) is 2.82. The maximum absolute atomic E-state index is 13.7. The largest absolute Gasteiger partial charge is 0.282 e. The number of anilines is 1. The van der Waals surface area contributed by atoms with Crippen molar-refractivity contribution in [2.75, 3.05) is 18.1 Å². The Hall–Kier alpha value is -3.93. The van der Waals surface area contributed by atoms with E-state index in [0.717, 1.165) is 34.7 Å². The Morgan fingerprint density at radius 3 is 2.26 bits per heavy atom. The molecule has 0 aliphatic carbocycles. The molecule has 0 bridgehead atoms. The van der Waals surface area contributed by atoms with Gasteiger partial charge in [0.15, 0.2) is 0 Å². The van der Waals surface area contributed by atoms with Gasteiger partial charge in [-0.1, -0.05) is 54.6 Å². The Morgan fingerprint density at radius 2 is 1.45 bits per heavy atom. The van der Waals surface area contributed by atoms with Crippen LogP contribution in [0.2, 0.25) is 0 Å². The summed E-state index contributed by atoms with van der Waals surface area (Å²) >= 11 is 0. The molecule has 1 fully saturated rings. The number of hydrazine groups is 1. The minimum atomic E-state index is -0.360. The highest BCUT2D eigenvalue weighted by Crippen LogP contribution is 2.36. The second-order valence-electron chi connectivity index (χ2n) is 7.69. The number of rotatable bonds is 3. The molecule has 0 spiro atoms. The van der Waals surface area contributed by atoms with Gasteiger partial charge in [0.1, 0.15) is 0 Å². The lowest BCUT2D eigenvalue weighted by Gasteiger charge is -2.40. The van der Waals surface area contributed by atoms with Crippen molar-refractivity contribution in [1.82, 2.24) is 5.01 Å². The van der Waals surface area contributed by atoms with Crippen molar-refractivity contribution in [2.24, 2.45) is 0 Å². The molecule has 1 aliphatic heterocycles. The molecule has 0 atom stereocenters. The van der Waals surface area contributed by atoms with Crippen LogP contribution in [0.3, 0.4) is 0 Å². The molecule has 0 N–H and O–H groups in total. The number of nitrogens with zero attached hydrogens (tertiary/aromatic N) is 3. The van der Waals surface area contributed by atoms with Gasteiger partial charge >= 0.3 is 0 Å². The highest BCUT2D eigenvalue weighted by Gasteiger charge is 2.29. The van der Waals surface area contributed by atoms with Gasteiger partial charge in [0, 0.05) is 30.1 Å². The Balaban J connectivity index is 1.62. The van der Waals surface area contributed by atoms with Gasteiger partial charge < -0.3 is 0 Å². The topological polar surface area (TPSA) is 66.7 Å². The zero-order chi connectivity index (χ0) is 21.4. The molecular formula is C25H21N3O3. The van der Waals surface area contributed by atoms with Gasteiger partial charge in [0.25, 0.3) is 11.6 Å². The molecular weight excluding hydrogens is 390 g/mol. The number of nitro benzene ring substituents is 1. The van der Waals surface area contributed by atoms with Crippen LogP contribution in [-0.2, 0) is 0 Å². The number of carbonyl (C=O) groups excluding carboxylic acids is 1. The molecule has 1 amide bonds. The average molecular weight is 411 g/mol. The van der Waals surface area contributed by atoms with E-state index in [-0.39, 0.29) is 16.5 Å². The van der Waals surface area contributed by atoms with E-state index in [1.165, 1.54) is 6.07 Å². The monoisotopic (exact) mass is 411 g/mol. The summed E-state index contributed by atoms with van der Waals surface area (Å²) in [5, 5.41) is 18.6. The van der Waals surface area contributed by atoms with Crippen molar-refractivity contribution in [2.45, 2.75) is 12.8 Å². The predicted molar refractivity (Wildman–Crippen MR) is 122 cm³/mol. The summed E-state index contributed by atoms with van der Waals surface area (Å²) in [4.78, 5) is 24.8. The van der Waals surface area contributed by atoms with Crippen LogP contribution in [0, 0.1) is 10.1 Å². The van der Waals surface area contributed by atoms with Crippen molar-refractivity contribution < 1.29 is 9.72 Å². The highest BCUT2D eigenvalue weighted by molar-refractivity contribution is 6.08. The van der Waals surface area contributed by atoms with Crippen LogP contribution < -0.4 is 5.01 Å². The van der Waals surface area contributed by atoms with Crippen LogP contribution in [-0.4, -0.2) is 28.9 Å². The summed E-state index contributed by atoms with van der Waals surface area (Å²) in [5.41, 5.74) is 1.55. The Morgan fingerprint density at radius 1 is 0.774 bits per heavy atom. The fourth-order valence-electron chi connectivity index (χ4n) is 4.43. The Kier molecular flexibility index (Phi) is 4.75. The van der Waals surface area contributed by atoms with Gasteiger partial charge in [-0.3, -0.25) is 19.9 Å². The molecule has 1 heterocycles. The molecule has 4 aromatic rings. The smallest absolute Gasteiger partial charge is 0.277 e. The number of amides is 1. The first-order valence-corrected chi connectivity index (χ1v) is 10.4. The van der Waals surface area contributed by atoms with Gasteiger partial charge in [-0.05, 0) is 41.8 Å². The molecule has 6 heteroatoms. The lowest BCUT2D eigenvalue weighted by molar-refractivity contribution is -0.383. The second kappa shape index (κ2) is 7.72. The molecule has 5 rings (SSSR count). The van der Waals surface area contributed by atoms with Crippen molar-refractivity contribution in [1.29, 1.82) is 0 Å². The zero-order valence-electron chi connectivity index (χ0n) is 16.9. The standard InChI is InChI=1S/C25H21N3O3/c29-25(22-13-7-9-18-8-1-2-10-19(18)22)27-17-6-5-16-26(27)23-14-15-24(28(30)31)21-12-4-3-11-20(21)23/h1-4,7-15H,5-6,16-17H2. The van der Waals surface area contributed by atoms with E-state index >= 15 is 0 Å². The van der Waals surface area contributed by atoms with Crippen molar-refractivity contribution in [3.63, 3.8) is 0 Å². The number of non-ortho nitro benzene ring substituents is 1. The molecule has 1 aliphatic rings. The van der Waals surface area contributed by atoms with E-state index in [0.29, 0.717) is 24.0 Å². The predicted octanol–water partition coefficient (Wildman–Crippen LogP) is 5.56. The quantitative estimate of drug-likeness (QED) is 0.327. The molecule has 0 saturated carbocycles. The molecule has 1 saturated heterocycles. The van der Waals surface area contributed by atoms with Gasteiger partial charge in [0.05, 0.1) is 16.0 Å². The summed E-state index contributed by atoms with van der Waals surface area (Å²) < 4.78 is 0. The minimum Gasteiger partial charge on any atom is -0.282 e. The lowest BCUT2D eigenvalue weighted by Crippen LogP contribution is -2.50. The Labute approximate surface area is 179 Å². The molecule has 0 unspecified atom stereocenters. The van der Waals surface area contributed by atoms with Crippen LogP contribution in [0.5, 0.6) is 0 Å². The molecule has 0 aromatic heterocycles. The SMILES string of the molecule is O=C(c1cccc2ccccc12)N1CCCCN1c1ccc([N+](=O)[O-])c2ccccc12. The van der Waals surface area contributed by atoms with Crippen molar-refractivity contribution in [3.05, 3.63) is 94.5 Å². The number of nitro groups is 1. The van der Waals surface area contributed by atoms with Crippen LogP contribution >= 0.6 is 0 Å². The normalized spacial score (nSPS) is 14.2. The number of benzene rings is 4. The van der Waals surface area contributed by atoms with Crippen LogP contribution in [0.1, 0.15) is 23.2 Å². The first kappa shape index (κ1) is 19.1. The number of hydrogen-bond acceptors (Lipinski definition) is 4. The fourth-order valence-corrected chi connectivity index (χ4v) is 4.43. The summed E-state index contributed by atoms with van der Waals surface area (Å²) in [6, 6.07) is 24.3. The van der Waals surface area contributed by atoms with Crippen molar-refractivity contribution in [3.8, 4) is 0 Å². The van der Waals surface area contributed by atoms with Gasteiger partial charge in [0.2, 0.25) is 0 Å². The molecule has 6 nitrogen and oxygen atoms in total. The van der Waals surface area contributed by atoms with E-state index < -0.39 is 0 Å². The zero-order valence-corrected chi connectivity index (χ0v) is 16.9. The first-order valence-electron chi connectivity index (χ1n) is 10.4. The summed E-state index contributed by atoms with van der Waals surface area (Å²) in [5.74, 6) is -0.0565.